The number of rotatable bonds is 9. The van der Waals surface area contributed by atoms with Crippen LogP contribution in [0.15, 0.2) is 48.9 Å². The number of nitrogens with zero attached hydrogens (tertiary/aromatic N) is 6. The highest BCUT2D eigenvalue weighted by molar-refractivity contribution is 5.88. The van der Waals surface area contributed by atoms with Gasteiger partial charge in [-0.1, -0.05) is 6.07 Å². The molecule has 0 radical (unpaired) electrons. The molecule has 1 aliphatic rings. The fourth-order valence-electron chi connectivity index (χ4n) is 4.79. The van der Waals surface area contributed by atoms with E-state index >= 15 is 0 Å². The van der Waals surface area contributed by atoms with Crippen molar-refractivity contribution in [3.63, 3.8) is 0 Å². The average Bonchev–Trinajstić information content (AvgIpc) is 3.54. The molecule has 1 aliphatic heterocycles. The van der Waals surface area contributed by atoms with E-state index in [4.69, 9.17) is 9.72 Å². The lowest BCUT2D eigenvalue weighted by Gasteiger charge is -2.40. The maximum absolute atomic E-state index is 13.3. The van der Waals surface area contributed by atoms with Crippen LogP contribution in [-0.2, 0) is 16.0 Å². The Kier molecular flexibility index (Phi) is 7.19. The number of anilines is 3. The van der Waals surface area contributed by atoms with Gasteiger partial charge in [0.05, 0.1) is 12.4 Å². The quantitative estimate of drug-likeness (QED) is 0.341. The Bertz CT molecular complexity index is 1410. The summed E-state index contributed by atoms with van der Waals surface area (Å²) in [6.07, 6.45) is 6.17. The molecule has 0 bridgehead atoms. The third-order valence-corrected chi connectivity index (χ3v) is 6.95. The standard InChI is InChI=1S/C27H31FN8O2/c1-18-12-23(31-24-14-19(2)33-34-24)32-26(13-18)35-10-8-27(38-3,9-11-35)22(37)6-4-20-5-7-25(29-15-20)36-17-21(28)16-30-36/h5,7,12-17H,4,6,8-11H2,1-3H3,(H2,31,32,33,34). The highest BCUT2D eigenvalue weighted by Gasteiger charge is 2.41. The summed E-state index contributed by atoms with van der Waals surface area (Å²) >= 11 is 0. The van der Waals surface area contributed by atoms with Crippen molar-refractivity contribution in [2.45, 2.75) is 45.1 Å². The maximum Gasteiger partial charge on any atom is 0.165 e. The number of Topliss-reactive ketones (excluding diaryl/α,β-unsaturated/α-hetero) is 1. The minimum absolute atomic E-state index is 0.0892. The van der Waals surface area contributed by atoms with Crippen LogP contribution in [0.4, 0.5) is 21.8 Å². The van der Waals surface area contributed by atoms with Gasteiger partial charge in [0.2, 0.25) is 0 Å². The number of aromatic amines is 1. The number of halogens is 1. The molecule has 0 amide bonds. The maximum atomic E-state index is 13.3. The van der Waals surface area contributed by atoms with Crippen LogP contribution >= 0.6 is 0 Å². The van der Waals surface area contributed by atoms with Crippen LogP contribution in [0.1, 0.15) is 36.1 Å². The molecule has 0 aliphatic carbocycles. The van der Waals surface area contributed by atoms with Crippen LogP contribution in [0.2, 0.25) is 0 Å². The van der Waals surface area contributed by atoms with Gasteiger partial charge in [-0.3, -0.25) is 9.89 Å². The minimum Gasteiger partial charge on any atom is -0.370 e. The van der Waals surface area contributed by atoms with Crippen LogP contribution in [0.25, 0.3) is 5.82 Å². The lowest BCUT2D eigenvalue weighted by atomic mass is 9.84. The van der Waals surface area contributed by atoms with E-state index in [0.717, 1.165) is 34.7 Å². The number of methoxy groups -OCH3 is 1. The van der Waals surface area contributed by atoms with Crippen molar-refractivity contribution >= 4 is 23.2 Å². The Morgan fingerprint density at radius 3 is 2.58 bits per heavy atom. The van der Waals surface area contributed by atoms with Gasteiger partial charge >= 0.3 is 0 Å². The van der Waals surface area contributed by atoms with Gasteiger partial charge < -0.3 is 15.0 Å². The molecule has 1 saturated heterocycles. The Labute approximate surface area is 220 Å². The van der Waals surface area contributed by atoms with Crippen LogP contribution in [0, 0.1) is 19.7 Å². The molecule has 2 N–H and O–H groups in total. The number of aryl methyl sites for hydroxylation is 3. The summed E-state index contributed by atoms with van der Waals surface area (Å²) in [7, 11) is 1.62. The molecule has 11 heteroatoms. The number of nitrogens with one attached hydrogen (secondary N) is 2. The van der Waals surface area contributed by atoms with E-state index in [1.54, 1.807) is 19.4 Å². The van der Waals surface area contributed by atoms with Crippen LogP contribution in [0.3, 0.4) is 0 Å². The fourth-order valence-corrected chi connectivity index (χ4v) is 4.79. The van der Waals surface area contributed by atoms with Crippen molar-refractivity contribution in [2.24, 2.45) is 0 Å². The number of ketones is 1. The van der Waals surface area contributed by atoms with Gasteiger partial charge in [-0.15, -0.1) is 0 Å². The van der Waals surface area contributed by atoms with Gasteiger partial charge in [0.15, 0.2) is 23.2 Å². The molecule has 38 heavy (non-hydrogen) atoms. The monoisotopic (exact) mass is 518 g/mol. The fraction of sp³-hybridized carbons (Fsp3) is 0.370. The van der Waals surface area contributed by atoms with Crippen molar-refractivity contribution in [3.8, 4) is 5.82 Å². The normalized spacial score (nSPS) is 15.0. The van der Waals surface area contributed by atoms with E-state index in [0.29, 0.717) is 50.4 Å². The highest BCUT2D eigenvalue weighted by Crippen LogP contribution is 2.31. The molecule has 0 aromatic carbocycles. The van der Waals surface area contributed by atoms with E-state index in [1.807, 2.05) is 32.0 Å². The summed E-state index contributed by atoms with van der Waals surface area (Å²) in [5.41, 5.74) is 2.17. The number of ether oxygens (including phenoxy) is 1. The molecule has 10 nitrogen and oxygen atoms in total. The van der Waals surface area contributed by atoms with Gasteiger partial charge in [0, 0.05) is 57.4 Å². The van der Waals surface area contributed by atoms with Gasteiger partial charge in [-0.05, 0) is 49.6 Å². The molecule has 0 atom stereocenters. The Morgan fingerprint density at radius 2 is 1.95 bits per heavy atom. The van der Waals surface area contributed by atoms with Crippen LogP contribution < -0.4 is 10.2 Å². The van der Waals surface area contributed by atoms with Crippen molar-refractivity contribution < 1.29 is 13.9 Å². The number of aromatic nitrogens is 6. The number of carbonyl (C=O) groups excluding carboxylic acids is 1. The number of carbonyl (C=O) groups is 1. The summed E-state index contributed by atoms with van der Waals surface area (Å²) in [4.78, 5) is 24.6. The first kappa shape index (κ1) is 25.5. The van der Waals surface area contributed by atoms with E-state index in [-0.39, 0.29) is 5.78 Å². The van der Waals surface area contributed by atoms with Gasteiger partial charge in [0.25, 0.3) is 0 Å². The number of H-pyrrole nitrogens is 1. The van der Waals surface area contributed by atoms with E-state index in [9.17, 15) is 9.18 Å². The van der Waals surface area contributed by atoms with E-state index < -0.39 is 11.4 Å². The smallest absolute Gasteiger partial charge is 0.165 e. The SMILES string of the molecule is COC1(C(=O)CCc2ccc(-n3cc(F)cn3)nc2)CCN(c2cc(C)cc(Nc3cc(C)[nH]n3)n2)CC1. The molecule has 198 valence electrons. The molecule has 5 heterocycles. The summed E-state index contributed by atoms with van der Waals surface area (Å²) in [5, 5.41) is 14.3. The highest BCUT2D eigenvalue weighted by atomic mass is 19.1. The minimum atomic E-state index is -0.812. The lowest BCUT2D eigenvalue weighted by Crippen LogP contribution is -2.51. The Balaban J connectivity index is 1.19. The zero-order valence-electron chi connectivity index (χ0n) is 21.7. The molecule has 0 saturated carbocycles. The number of hydrogen-bond acceptors (Lipinski definition) is 8. The van der Waals surface area contributed by atoms with Gasteiger partial charge in [0.1, 0.15) is 17.2 Å². The molecule has 4 aromatic heterocycles. The Morgan fingerprint density at radius 1 is 1.13 bits per heavy atom. The first-order chi connectivity index (χ1) is 18.3. The summed E-state index contributed by atoms with van der Waals surface area (Å²) < 4.78 is 20.4. The van der Waals surface area contributed by atoms with Crippen molar-refractivity contribution in [3.05, 3.63) is 71.6 Å². The zero-order valence-corrected chi connectivity index (χ0v) is 21.7. The van der Waals surface area contributed by atoms with Crippen molar-refractivity contribution in [2.75, 3.05) is 30.4 Å². The largest absolute Gasteiger partial charge is 0.370 e. The van der Waals surface area contributed by atoms with Crippen molar-refractivity contribution in [1.29, 1.82) is 0 Å². The number of hydrogen-bond donors (Lipinski definition) is 2. The topological polar surface area (TPSA) is 114 Å². The molecular formula is C27H31FN8O2. The zero-order chi connectivity index (χ0) is 26.7. The molecule has 0 unspecified atom stereocenters. The van der Waals surface area contributed by atoms with Crippen LogP contribution in [0.5, 0.6) is 0 Å². The van der Waals surface area contributed by atoms with E-state index in [1.165, 1.54) is 10.9 Å². The second-order valence-electron chi connectivity index (χ2n) is 9.69. The predicted molar refractivity (Wildman–Crippen MR) is 141 cm³/mol. The number of pyridine rings is 2. The third kappa shape index (κ3) is 5.57. The van der Waals surface area contributed by atoms with E-state index in [2.05, 4.69) is 36.6 Å². The summed E-state index contributed by atoms with van der Waals surface area (Å²) in [5.74, 6) is 2.49. The molecule has 1 fully saturated rings. The van der Waals surface area contributed by atoms with Gasteiger partial charge in [-0.2, -0.15) is 10.2 Å². The third-order valence-electron chi connectivity index (χ3n) is 6.95. The second kappa shape index (κ2) is 10.7. The van der Waals surface area contributed by atoms with Crippen molar-refractivity contribution in [1.82, 2.24) is 29.9 Å². The van der Waals surface area contributed by atoms with Gasteiger partial charge in [-0.25, -0.2) is 19.0 Å². The molecule has 5 rings (SSSR count). The van der Waals surface area contributed by atoms with Crippen LogP contribution in [-0.4, -0.2) is 61.5 Å². The second-order valence-corrected chi connectivity index (χ2v) is 9.69. The summed E-state index contributed by atoms with van der Waals surface area (Å²) in [6, 6.07) is 9.61. The predicted octanol–water partition coefficient (Wildman–Crippen LogP) is 4.07. The number of piperidine rings is 1. The average molecular weight is 519 g/mol. The molecular weight excluding hydrogens is 487 g/mol. The Hall–Kier alpha value is -4.12. The lowest BCUT2D eigenvalue weighted by molar-refractivity contribution is -0.143. The summed E-state index contributed by atoms with van der Waals surface area (Å²) in [6.45, 7) is 5.30. The first-order valence-electron chi connectivity index (χ1n) is 12.6. The first-order valence-corrected chi connectivity index (χ1v) is 12.6. The molecule has 4 aromatic rings. The molecule has 0 spiro atoms.